The van der Waals surface area contributed by atoms with Crippen LogP contribution in [0.4, 0.5) is 11.4 Å². The molecule has 1 N–H and O–H groups in total. The van der Waals surface area contributed by atoms with Crippen LogP contribution in [-0.2, 0) is 14.4 Å². The average molecular weight is 717 g/mol. The molecule has 3 aromatic carbocycles. The first kappa shape index (κ1) is 33.1. The number of methoxy groups -OCH3 is 1. The quantitative estimate of drug-likeness (QED) is 0.193. The van der Waals surface area contributed by atoms with E-state index in [-0.39, 0.29) is 47.5 Å². The van der Waals surface area contributed by atoms with Crippen molar-refractivity contribution in [2.24, 2.45) is 11.8 Å². The summed E-state index contributed by atoms with van der Waals surface area (Å²) in [7, 11) is 1.58. The van der Waals surface area contributed by atoms with Gasteiger partial charge in [-0.25, -0.2) is 0 Å². The Bertz CT molecular complexity index is 1640. The molecule has 3 saturated heterocycles. The molecule has 3 fully saturated rings. The van der Waals surface area contributed by atoms with Crippen molar-refractivity contribution in [2.75, 3.05) is 36.6 Å². The van der Waals surface area contributed by atoms with E-state index in [1.807, 2.05) is 72.8 Å². The summed E-state index contributed by atoms with van der Waals surface area (Å²) < 4.78 is 4.43. The number of likely N-dealkylation sites (tertiary alicyclic amines) is 1. The molecular weight excluding hydrogens is 678 g/mol. The number of thioether (sulfide) groups is 1. The Morgan fingerprint density at radius 2 is 1.55 bits per heavy atom. The van der Waals surface area contributed by atoms with Gasteiger partial charge in [-0.15, -0.1) is 24.9 Å². The second kappa shape index (κ2) is 13.7. The number of hydrogen-bond donors (Lipinski definition) is 1. The van der Waals surface area contributed by atoms with Crippen molar-refractivity contribution in [1.82, 2.24) is 4.90 Å². The molecule has 3 aromatic rings. The van der Waals surface area contributed by atoms with Gasteiger partial charge in [-0.3, -0.25) is 14.4 Å². The number of hydrogen-bond acceptors (Lipinski definition) is 6. The Morgan fingerprint density at radius 3 is 2.13 bits per heavy atom. The Labute approximate surface area is 288 Å². The van der Waals surface area contributed by atoms with Crippen LogP contribution in [0.15, 0.2) is 110 Å². The highest BCUT2D eigenvalue weighted by atomic mass is 79.9. The fourth-order valence-electron chi connectivity index (χ4n) is 7.60. The van der Waals surface area contributed by atoms with Gasteiger partial charge in [0.25, 0.3) is 5.91 Å². The average Bonchev–Trinajstić information content (AvgIpc) is 3.70. The van der Waals surface area contributed by atoms with E-state index >= 15 is 4.79 Å². The van der Waals surface area contributed by atoms with Gasteiger partial charge in [-0.2, -0.15) is 0 Å². The van der Waals surface area contributed by atoms with Crippen molar-refractivity contribution in [3.63, 3.8) is 0 Å². The van der Waals surface area contributed by atoms with Gasteiger partial charge < -0.3 is 24.5 Å². The van der Waals surface area contributed by atoms with Crippen LogP contribution in [0.25, 0.3) is 0 Å². The number of aliphatic hydroxyl groups is 1. The van der Waals surface area contributed by atoms with Gasteiger partial charge in [0, 0.05) is 34.5 Å². The summed E-state index contributed by atoms with van der Waals surface area (Å²) in [5.74, 6) is -1.58. The molecule has 7 atom stereocenters. The first-order chi connectivity index (χ1) is 22.8. The maximum atomic E-state index is 15.1. The zero-order valence-electron chi connectivity index (χ0n) is 26.2. The van der Waals surface area contributed by atoms with Gasteiger partial charge >= 0.3 is 0 Å². The smallest absolute Gasteiger partial charge is 0.251 e. The summed E-state index contributed by atoms with van der Waals surface area (Å²) in [5.41, 5.74) is 2.06. The van der Waals surface area contributed by atoms with Crippen LogP contribution in [0.2, 0.25) is 0 Å². The Hall–Kier alpha value is -3.86. The lowest BCUT2D eigenvalue weighted by molar-refractivity contribution is -0.142. The molecule has 47 heavy (non-hydrogen) atoms. The summed E-state index contributed by atoms with van der Waals surface area (Å²) >= 11 is 5.45. The van der Waals surface area contributed by atoms with E-state index in [0.29, 0.717) is 23.4 Å². The Morgan fingerprint density at radius 1 is 0.979 bits per heavy atom. The van der Waals surface area contributed by atoms with E-state index in [1.165, 1.54) is 0 Å². The third-order valence-corrected chi connectivity index (χ3v) is 12.8. The van der Waals surface area contributed by atoms with Crippen LogP contribution in [0.5, 0.6) is 5.75 Å². The first-order valence-corrected chi connectivity index (χ1v) is 17.4. The fraction of sp³-hybridized carbons (Fsp3) is 0.324. The van der Waals surface area contributed by atoms with Crippen molar-refractivity contribution in [3.05, 3.63) is 116 Å². The van der Waals surface area contributed by atoms with Crippen molar-refractivity contribution < 1.29 is 24.2 Å². The topological polar surface area (TPSA) is 90.4 Å². The second-order valence-electron chi connectivity index (χ2n) is 12.0. The van der Waals surface area contributed by atoms with Crippen molar-refractivity contribution in [3.8, 4) is 5.75 Å². The largest absolute Gasteiger partial charge is 0.497 e. The number of fused-ring (bicyclic) bond motifs is 1. The maximum Gasteiger partial charge on any atom is 0.251 e. The van der Waals surface area contributed by atoms with Crippen LogP contribution in [-0.4, -0.2) is 75.4 Å². The number of benzene rings is 3. The lowest BCUT2D eigenvalue weighted by Gasteiger charge is -2.40. The number of alkyl halides is 1. The number of rotatable bonds is 12. The van der Waals surface area contributed by atoms with E-state index < -0.39 is 28.7 Å². The number of carbonyl (C=O) groups excluding carboxylic acids is 3. The lowest BCUT2D eigenvalue weighted by Crippen LogP contribution is -2.56. The molecule has 0 aromatic heterocycles. The number of ether oxygens (including phenoxy) is 1. The summed E-state index contributed by atoms with van der Waals surface area (Å²) in [6.45, 7) is 7.90. The predicted octanol–water partition coefficient (Wildman–Crippen LogP) is 5.63. The number of aliphatic hydroxyl groups excluding tert-OH is 1. The molecule has 10 heteroatoms. The van der Waals surface area contributed by atoms with E-state index in [9.17, 15) is 14.7 Å². The maximum absolute atomic E-state index is 15.1. The minimum Gasteiger partial charge on any atom is -0.497 e. The van der Waals surface area contributed by atoms with Crippen molar-refractivity contribution in [1.29, 1.82) is 0 Å². The van der Waals surface area contributed by atoms with E-state index in [4.69, 9.17) is 4.74 Å². The van der Waals surface area contributed by atoms with Gasteiger partial charge in [-0.1, -0.05) is 76.6 Å². The van der Waals surface area contributed by atoms with Gasteiger partial charge in [-0.05, 0) is 48.4 Å². The summed E-state index contributed by atoms with van der Waals surface area (Å²) in [6.07, 6.45) is 3.85. The van der Waals surface area contributed by atoms with Crippen LogP contribution >= 0.6 is 27.7 Å². The Balaban J connectivity index is 1.49. The molecule has 3 unspecified atom stereocenters. The third-order valence-electron chi connectivity index (χ3n) is 9.55. The minimum absolute atomic E-state index is 0.111. The highest BCUT2D eigenvalue weighted by Gasteiger charge is 2.76. The van der Waals surface area contributed by atoms with Gasteiger partial charge in [0.05, 0.1) is 36.3 Å². The molecule has 0 radical (unpaired) electrons. The Kier molecular flexibility index (Phi) is 9.64. The minimum atomic E-state index is -0.961. The summed E-state index contributed by atoms with van der Waals surface area (Å²) in [6, 6.07) is 24.1. The van der Waals surface area contributed by atoms with E-state index in [2.05, 4.69) is 29.1 Å². The molecule has 3 heterocycles. The van der Waals surface area contributed by atoms with Crippen molar-refractivity contribution in [2.45, 2.75) is 33.3 Å². The van der Waals surface area contributed by atoms with Crippen molar-refractivity contribution >= 4 is 56.8 Å². The molecule has 0 saturated carbocycles. The van der Waals surface area contributed by atoms with Crippen LogP contribution in [0.1, 0.15) is 18.0 Å². The molecule has 3 aliphatic rings. The second-order valence-corrected chi connectivity index (χ2v) is 14.7. The molecular formula is C37H38BrN3O5S. The zero-order valence-corrected chi connectivity index (χ0v) is 28.6. The number of anilines is 2. The van der Waals surface area contributed by atoms with Crippen LogP contribution < -0.4 is 14.5 Å². The lowest BCUT2D eigenvalue weighted by atomic mass is 9.70. The molecule has 244 valence electrons. The number of nitrogens with zero attached hydrogens (tertiary/aromatic N) is 3. The number of para-hydroxylation sites is 1. The zero-order chi connectivity index (χ0) is 33.3. The number of carbonyl (C=O) groups is 3. The first-order valence-electron chi connectivity index (χ1n) is 15.6. The monoisotopic (exact) mass is 715 g/mol. The number of halogens is 1. The summed E-state index contributed by atoms with van der Waals surface area (Å²) in [5, 5.41) is 10.7. The molecule has 6 rings (SSSR count). The van der Waals surface area contributed by atoms with E-state index in [0.717, 1.165) is 5.69 Å². The normalized spacial score (nSPS) is 26.4. The molecule has 0 aliphatic carbocycles. The third kappa shape index (κ3) is 5.60. The van der Waals surface area contributed by atoms with E-state index in [1.54, 1.807) is 57.9 Å². The van der Waals surface area contributed by atoms with Gasteiger partial charge in [0.1, 0.15) is 11.8 Å². The summed E-state index contributed by atoms with van der Waals surface area (Å²) in [4.78, 5) is 49.5. The highest BCUT2D eigenvalue weighted by molar-refractivity contribution is 9.09. The standard InChI is InChI=1S/C37H38BrN3O5S/c1-4-20-39(25-14-10-7-11-15-25)34(43)30-31-35(44)41(29(23-42)24-12-8-6-9-13-24)33(37(31)22-28(38)32(30)47-37)36(45)40(21-5-2)26-16-18-27(46-3)19-17-26/h4-19,28-33,42H,1-2,20-23H2,3H3/t28?,29-,30+,31+,32+,33?,37?/m1/s1. The van der Waals surface area contributed by atoms with Crippen LogP contribution in [0.3, 0.4) is 0 Å². The number of amides is 3. The predicted molar refractivity (Wildman–Crippen MR) is 190 cm³/mol. The molecule has 1 spiro atoms. The fourth-order valence-corrected chi connectivity index (χ4v) is 11.2. The SMILES string of the molecule is C=CCN(C(=O)C1N([C@H](CO)c2ccccc2)C(=O)[C@@H]2[C@H](C(=O)N(CC=C)c3ccccc3)[C@H]3SC12CC3Br)c1ccc(OC)cc1. The van der Waals surface area contributed by atoms with Crippen LogP contribution in [0, 0.1) is 11.8 Å². The highest BCUT2D eigenvalue weighted by Crippen LogP contribution is 2.69. The molecule has 8 nitrogen and oxygen atoms in total. The molecule has 2 bridgehead atoms. The van der Waals surface area contributed by atoms with Gasteiger partial charge in [0.15, 0.2) is 0 Å². The molecule has 3 aliphatic heterocycles. The molecule has 3 amide bonds. The van der Waals surface area contributed by atoms with Gasteiger partial charge in [0.2, 0.25) is 11.8 Å².